The molecule has 1 aliphatic heterocycles. The standard InChI is InChI=1S/C17H19N7/c1-22-10-14(9-20-22)12-6-16(23-4-2-15(19)3-5-23)17-13(7-18)8-21-24(17)11-12/h6,8-11,15H,2-5,19H2,1H3. The van der Waals surface area contributed by atoms with Gasteiger partial charge in [0.15, 0.2) is 0 Å². The second-order valence-corrected chi connectivity index (χ2v) is 6.30. The van der Waals surface area contributed by atoms with Crippen molar-refractivity contribution < 1.29 is 0 Å². The summed E-state index contributed by atoms with van der Waals surface area (Å²) in [5.41, 5.74) is 10.6. The van der Waals surface area contributed by atoms with Crippen molar-refractivity contribution in [3.63, 3.8) is 0 Å². The molecular formula is C17H19N7. The molecule has 0 saturated carbocycles. The van der Waals surface area contributed by atoms with Gasteiger partial charge >= 0.3 is 0 Å². The van der Waals surface area contributed by atoms with Crippen LogP contribution in [0.5, 0.6) is 0 Å². The van der Waals surface area contributed by atoms with Gasteiger partial charge in [-0.05, 0) is 18.9 Å². The third kappa shape index (κ3) is 2.41. The highest BCUT2D eigenvalue weighted by Crippen LogP contribution is 2.32. The zero-order valence-electron chi connectivity index (χ0n) is 13.6. The fraction of sp³-hybridized carbons (Fsp3) is 0.353. The largest absolute Gasteiger partial charge is 0.370 e. The van der Waals surface area contributed by atoms with Crippen molar-refractivity contribution in [1.29, 1.82) is 5.26 Å². The Bertz CT molecular complexity index is 922. The van der Waals surface area contributed by atoms with Crippen LogP contribution in [0.4, 0.5) is 5.69 Å². The molecule has 0 radical (unpaired) electrons. The van der Waals surface area contributed by atoms with Crippen LogP contribution in [0.1, 0.15) is 18.4 Å². The summed E-state index contributed by atoms with van der Waals surface area (Å²) in [6.07, 6.45) is 9.31. The van der Waals surface area contributed by atoms with E-state index in [4.69, 9.17) is 5.73 Å². The van der Waals surface area contributed by atoms with Crippen LogP contribution in [0.2, 0.25) is 0 Å². The molecule has 24 heavy (non-hydrogen) atoms. The monoisotopic (exact) mass is 321 g/mol. The number of aromatic nitrogens is 4. The lowest BCUT2D eigenvalue weighted by atomic mass is 10.0. The number of nitrogens with zero attached hydrogens (tertiary/aromatic N) is 6. The molecule has 0 spiro atoms. The second kappa shape index (κ2) is 5.65. The zero-order chi connectivity index (χ0) is 16.7. The summed E-state index contributed by atoms with van der Waals surface area (Å²) in [5.74, 6) is 0. The van der Waals surface area contributed by atoms with E-state index in [1.54, 1.807) is 15.4 Å². The summed E-state index contributed by atoms with van der Waals surface area (Å²) in [6, 6.07) is 4.64. The van der Waals surface area contributed by atoms with Gasteiger partial charge < -0.3 is 10.6 Å². The summed E-state index contributed by atoms with van der Waals surface area (Å²) in [7, 11) is 1.90. The maximum atomic E-state index is 9.42. The first-order valence-corrected chi connectivity index (χ1v) is 8.07. The number of hydrogen-bond acceptors (Lipinski definition) is 5. The van der Waals surface area contributed by atoms with Crippen LogP contribution in [0, 0.1) is 11.3 Å². The minimum atomic E-state index is 0.263. The molecule has 0 atom stereocenters. The third-order valence-electron chi connectivity index (χ3n) is 4.63. The number of nitrogens with two attached hydrogens (primary N) is 1. The van der Waals surface area contributed by atoms with Gasteiger partial charge in [0.25, 0.3) is 0 Å². The number of hydrogen-bond donors (Lipinski definition) is 1. The van der Waals surface area contributed by atoms with E-state index in [2.05, 4.69) is 27.2 Å². The lowest BCUT2D eigenvalue weighted by molar-refractivity contribution is 0.501. The van der Waals surface area contributed by atoms with Gasteiger partial charge in [-0.3, -0.25) is 4.68 Å². The summed E-state index contributed by atoms with van der Waals surface area (Å²) in [6.45, 7) is 1.78. The fourth-order valence-corrected chi connectivity index (χ4v) is 3.29. The van der Waals surface area contributed by atoms with Crippen molar-refractivity contribution in [2.24, 2.45) is 12.8 Å². The number of piperidine rings is 1. The average Bonchev–Trinajstić information content (AvgIpc) is 3.20. The molecule has 0 amide bonds. The van der Waals surface area contributed by atoms with Gasteiger partial charge in [-0.2, -0.15) is 15.5 Å². The summed E-state index contributed by atoms with van der Waals surface area (Å²) in [5, 5.41) is 18.0. The number of rotatable bonds is 2. The average molecular weight is 321 g/mol. The Balaban J connectivity index is 1.88. The van der Waals surface area contributed by atoms with Crippen molar-refractivity contribution in [2.45, 2.75) is 18.9 Å². The predicted octanol–water partition coefficient (Wildman–Crippen LogP) is 1.53. The minimum absolute atomic E-state index is 0.263. The number of fused-ring (bicyclic) bond motifs is 1. The normalized spacial score (nSPS) is 15.8. The molecule has 7 nitrogen and oxygen atoms in total. The second-order valence-electron chi connectivity index (χ2n) is 6.30. The molecule has 3 aromatic heterocycles. The fourth-order valence-electron chi connectivity index (χ4n) is 3.29. The number of nitriles is 1. The van der Waals surface area contributed by atoms with E-state index >= 15 is 0 Å². The first-order valence-electron chi connectivity index (χ1n) is 8.07. The number of pyridine rings is 1. The van der Waals surface area contributed by atoms with Gasteiger partial charge in [-0.1, -0.05) is 0 Å². The molecule has 0 aromatic carbocycles. The molecule has 3 aromatic rings. The third-order valence-corrected chi connectivity index (χ3v) is 4.63. The molecule has 4 rings (SSSR count). The van der Waals surface area contributed by atoms with Crippen molar-refractivity contribution in [1.82, 2.24) is 19.4 Å². The quantitative estimate of drug-likeness (QED) is 0.773. The molecule has 0 unspecified atom stereocenters. The van der Waals surface area contributed by atoms with E-state index in [9.17, 15) is 5.26 Å². The van der Waals surface area contributed by atoms with E-state index in [1.807, 2.05) is 25.6 Å². The Morgan fingerprint density at radius 2 is 1.96 bits per heavy atom. The lowest BCUT2D eigenvalue weighted by Gasteiger charge is -2.32. The highest BCUT2D eigenvalue weighted by Gasteiger charge is 2.21. The highest BCUT2D eigenvalue weighted by molar-refractivity contribution is 5.83. The van der Waals surface area contributed by atoms with Crippen LogP contribution in [-0.2, 0) is 7.05 Å². The molecule has 122 valence electrons. The van der Waals surface area contributed by atoms with Crippen molar-refractivity contribution >= 4 is 11.2 Å². The Kier molecular flexibility index (Phi) is 3.47. The SMILES string of the molecule is Cn1cc(-c2cc(N3CCC(N)CC3)c3c(C#N)cnn3c2)cn1. The van der Waals surface area contributed by atoms with Crippen LogP contribution >= 0.6 is 0 Å². The maximum Gasteiger partial charge on any atom is 0.107 e. The molecule has 0 bridgehead atoms. The van der Waals surface area contributed by atoms with Crippen LogP contribution in [0.25, 0.3) is 16.6 Å². The van der Waals surface area contributed by atoms with E-state index < -0.39 is 0 Å². The lowest BCUT2D eigenvalue weighted by Crippen LogP contribution is -2.39. The number of anilines is 1. The Morgan fingerprint density at radius 1 is 1.17 bits per heavy atom. The van der Waals surface area contributed by atoms with Crippen LogP contribution in [0.3, 0.4) is 0 Å². The van der Waals surface area contributed by atoms with Crippen LogP contribution in [0.15, 0.2) is 30.9 Å². The van der Waals surface area contributed by atoms with E-state index in [1.165, 1.54) is 0 Å². The Labute approximate surface area is 139 Å². The van der Waals surface area contributed by atoms with Crippen LogP contribution in [-0.4, -0.2) is 38.5 Å². The smallest absolute Gasteiger partial charge is 0.107 e. The Morgan fingerprint density at radius 3 is 2.62 bits per heavy atom. The summed E-state index contributed by atoms with van der Waals surface area (Å²) >= 11 is 0. The minimum Gasteiger partial charge on any atom is -0.370 e. The summed E-state index contributed by atoms with van der Waals surface area (Å²) in [4.78, 5) is 2.31. The number of aryl methyl sites for hydroxylation is 1. The molecule has 1 saturated heterocycles. The van der Waals surface area contributed by atoms with Gasteiger partial charge in [0, 0.05) is 49.7 Å². The van der Waals surface area contributed by atoms with Crippen LogP contribution < -0.4 is 10.6 Å². The molecule has 4 heterocycles. The first-order chi connectivity index (χ1) is 11.7. The zero-order valence-corrected chi connectivity index (χ0v) is 13.6. The van der Waals surface area contributed by atoms with Gasteiger partial charge in [0.05, 0.1) is 23.6 Å². The van der Waals surface area contributed by atoms with Gasteiger partial charge in [-0.25, -0.2) is 4.52 Å². The molecule has 0 aliphatic carbocycles. The van der Waals surface area contributed by atoms with E-state index in [0.717, 1.165) is 48.3 Å². The van der Waals surface area contributed by atoms with Gasteiger partial charge in [0.1, 0.15) is 11.6 Å². The summed E-state index contributed by atoms with van der Waals surface area (Å²) < 4.78 is 3.58. The van der Waals surface area contributed by atoms with E-state index in [0.29, 0.717) is 5.56 Å². The van der Waals surface area contributed by atoms with Crippen molar-refractivity contribution in [3.05, 3.63) is 36.4 Å². The first kappa shape index (κ1) is 14.7. The molecular weight excluding hydrogens is 302 g/mol. The van der Waals surface area contributed by atoms with E-state index in [-0.39, 0.29) is 6.04 Å². The molecule has 1 aliphatic rings. The van der Waals surface area contributed by atoms with Crippen molar-refractivity contribution in [3.8, 4) is 17.2 Å². The molecule has 1 fully saturated rings. The van der Waals surface area contributed by atoms with Gasteiger partial charge in [0.2, 0.25) is 0 Å². The Hall–Kier alpha value is -2.85. The predicted molar refractivity (Wildman–Crippen MR) is 91.5 cm³/mol. The van der Waals surface area contributed by atoms with Gasteiger partial charge in [-0.15, -0.1) is 0 Å². The molecule has 2 N–H and O–H groups in total. The topological polar surface area (TPSA) is 88.2 Å². The highest BCUT2D eigenvalue weighted by atomic mass is 15.3. The maximum absolute atomic E-state index is 9.42. The molecule has 7 heteroatoms. The van der Waals surface area contributed by atoms with Crippen molar-refractivity contribution in [2.75, 3.05) is 18.0 Å².